The Balaban J connectivity index is 1.53. The molecular formula is C15H23BrN4. The molecule has 0 atom stereocenters. The molecule has 2 heterocycles. The van der Waals surface area contributed by atoms with E-state index in [9.17, 15) is 0 Å². The number of rotatable bonds is 4. The molecule has 0 aliphatic carbocycles. The normalized spacial score (nSPS) is 19.6. The molecule has 0 unspecified atom stereocenters. The van der Waals surface area contributed by atoms with Gasteiger partial charge < -0.3 is 20.4 Å². The van der Waals surface area contributed by atoms with Crippen molar-refractivity contribution in [3.63, 3.8) is 0 Å². The van der Waals surface area contributed by atoms with E-state index in [1.54, 1.807) is 0 Å². The fraction of sp³-hybridized carbons (Fsp3) is 0.600. The number of halogens is 1. The molecule has 4 nitrogen and oxygen atoms in total. The van der Waals surface area contributed by atoms with E-state index in [4.69, 9.17) is 0 Å². The van der Waals surface area contributed by atoms with Crippen molar-refractivity contribution >= 4 is 27.3 Å². The lowest BCUT2D eigenvalue weighted by Gasteiger charge is -2.33. The number of nitrogens with zero attached hydrogens (tertiary/aromatic N) is 2. The summed E-state index contributed by atoms with van der Waals surface area (Å²) in [7, 11) is 0. The summed E-state index contributed by atoms with van der Waals surface area (Å²) in [6.07, 6.45) is 1.25. The first kappa shape index (κ1) is 14.2. The lowest BCUT2D eigenvalue weighted by Crippen LogP contribution is -2.44. The lowest BCUT2D eigenvalue weighted by molar-refractivity contribution is 0.239. The molecule has 1 aromatic carbocycles. The third-order valence-corrected chi connectivity index (χ3v) is 4.60. The number of anilines is 2. The van der Waals surface area contributed by atoms with Crippen molar-refractivity contribution in [3.8, 4) is 0 Å². The van der Waals surface area contributed by atoms with Crippen molar-refractivity contribution in [2.24, 2.45) is 0 Å². The van der Waals surface area contributed by atoms with E-state index in [-0.39, 0.29) is 0 Å². The quantitative estimate of drug-likeness (QED) is 0.878. The van der Waals surface area contributed by atoms with Gasteiger partial charge in [-0.05, 0) is 31.2 Å². The summed E-state index contributed by atoms with van der Waals surface area (Å²) in [5.41, 5.74) is 2.60. The van der Waals surface area contributed by atoms with Gasteiger partial charge in [0.25, 0.3) is 0 Å². The SMILES string of the molecule is Brc1ccc2c(c1)NCCN2CCCN1CCNCC1. The summed E-state index contributed by atoms with van der Waals surface area (Å²) in [6.45, 7) is 9.20. The molecule has 0 saturated carbocycles. The number of hydrogen-bond donors (Lipinski definition) is 2. The first-order valence-corrected chi connectivity index (χ1v) is 8.34. The number of hydrogen-bond acceptors (Lipinski definition) is 4. The molecule has 2 aliphatic rings. The first-order chi connectivity index (χ1) is 9.83. The van der Waals surface area contributed by atoms with Gasteiger partial charge in [0.15, 0.2) is 0 Å². The minimum absolute atomic E-state index is 1.04. The molecule has 0 radical (unpaired) electrons. The van der Waals surface area contributed by atoms with Gasteiger partial charge in [0, 0.05) is 50.3 Å². The molecule has 5 heteroatoms. The van der Waals surface area contributed by atoms with Gasteiger partial charge in [0.2, 0.25) is 0 Å². The standard InChI is InChI=1S/C15H23BrN4/c16-13-2-3-15-14(12-13)18-6-11-20(15)8-1-7-19-9-4-17-5-10-19/h2-3,12,17-18H,1,4-11H2. The molecule has 0 amide bonds. The molecule has 0 aromatic heterocycles. The summed E-state index contributed by atoms with van der Waals surface area (Å²) < 4.78 is 1.14. The van der Waals surface area contributed by atoms with E-state index < -0.39 is 0 Å². The van der Waals surface area contributed by atoms with Gasteiger partial charge in [-0.15, -0.1) is 0 Å². The van der Waals surface area contributed by atoms with Crippen LogP contribution in [0.3, 0.4) is 0 Å². The molecule has 0 bridgehead atoms. The second kappa shape index (κ2) is 6.78. The largest absolute Gasteiger partial charge is 0.382 e. The Morgan fingerprint density at radius 3 is 2.75 bits per heavy atom. The van der Waals surface area contributed by atoms with E-state index in [2.05, 4.69) is 54.6 Å². The average Bonchev–Trinajstić information content (AvgIpc) is 2.48. The Morgan fingerprint density at radius 1 is 1.05 bits per heavy atom. The van der Waals surface area contributed by atoms with Crippen molar-refractivity contribution in [1.29, 1.82) is 0 Å². The highest BCUT2D eigenvalue weighted by atomic mass is 79.9. The Labute approximate surface area is 129 Å². The van der Waals surface area contributed by atoms with Crippen LogP contribution in [0.25, 0.3) is 0 Å². The second-order valence-corrected chi connectivity index (χ2v) is 6.44. The van der Waals surface area contributed by atoms with E-state index in [0.717, 1.165) is 37.2 Å². The summed E-state index contributed by atoms with van der Waals surface area (Å²) in [4.78, 5) is 5.08. The Bertz CT molecular complexity index is 445. The fourth-order valence-electron chi connectivity index (χ4n) is 3.02. The van der Waals surface area contributed by atoms with Crippen LogP contribution in [0, 0.1) is 0 Å². The number of benzene rings is 1. The van der Waals surface area contributed by atoms with Crippen molar-refractivity contribution in [2.75, 3.05) is 62.6 Å². The summed E-state index contributed by atoms with van der Waals surface area (Å²) in [5.74, 6) is 0. The van der Waals surface area contributed by atoms with E-state index in [1.165, 1.54) is 37.4 Å². The molecule has 2 N–H and O–H groups in total. The highest BCUT2D eigenvalue weighted by Crippen LogP contribution is 2.31. The van der Waals surface area contributed by atoms with Crippen molar-refractivity contribution in [1.82, 2.24) is 10.2 Å². The summed E-state index contributed by atoms with van der Waals surface area (Å²) in [5, 5.41) is 6.89. The van der Waals surface area contributed by atoms with Crippen molar-refractivity contribution < 1.29 is 0 Å². The van der Waals surface area contributed by atoms with Crippen LogP contribution in [0.2, 0.25) is 0 Å². The molecule has 1 fully saturated rings. The van der Waals surface area contributed by atoms with Gasteiger partial charge in [0.1, 0.15) is 0 Å². The van der Waals surface area contributed by atoms with Crippen LogP contribution in [0.1, 0.15) is 6.42 Å². The Morgan fingerprint density at radius 2 is 1.90 bits per heavy atom. The molecule has 0 spiro atoms. The maximum Gasteiger partial charge on any atom is 0.0603 e. The maximum atomic E-state index is 3.54. The zero-order valence-corrected chi connectivity index (χ0v) is 13.5. The second-order valence-electron chi connectivity index (χ2n) is 5.52. The molecule has 20 heavy (non-hydrogen) atoms. The predicted octanol–water partition coefficient (Wildman–Crippen LogP) is 1.98. The highest BCUT2D eigenvalue weighted by Gasteiger charge is 2.16. The summed E-state index contributed by atoms with van der Waals surface area (Å²) in [6, 6.07) is 6.53. The minimum atomic E-state index is 1.04. The van der Waals surface area contributed by atoms with E-state index in [0.29, 0.717) is 0 Å². The first-order valence-electron chi connectivity index (χ1n) is 7.54. The van der Waals surface area contributed by atoms with Crippen LogP contribution in [0.4, 0.5) is 11.4 Å². The van der Waals surface area contributed by atoms with Crippen LogP contribution in [0.15, 0.2) is 22.7 Å². The zero-order valence-electron chi connectivity index (χ0n) is 11.9. The molecule has 1 saturated heterocycles. The van der Waals surface area contributed by atoms with Gasteiger partial charge in [0.05, 0.1) is 11.4 Å². The van der Waals surface area contributed by atoms with Gasteiger partial charge in [-0.25, -0.2) is 0 Å². The smallest absolute Gasteiger partial charge is 0.0603 e. The number of piperazine rings is 1. The van der Waals surface area contributed by atoms with E-state index in [1.807, 2.05) is 0 Å². The Kier molecular flexibility index (Phi) is 4.81. The molecule has 1 aromatic rings. The molecular weight excluding hydrogens is 316 g/mol. The molecule has 110 valence electrons. The van der Waals surface area contributed by atoms with Crippen molar-refractivity contribution in [3.05, 3.63) is 22.7 Å². The van der Waals surface area contributed by atoms with Gasteiger partial charge >= 0.3 is 0 Å². The van der Waals surface area contributed by atoms with Crippen LogP contribution in [0.5, 0.6) is 0 Å². The van der Waals surface area contributed by atoms with E-state index >= 15 is 0 Å². The third kappa shape index (κ3) is 3.45. The number of nitrogens with one attached hydrogen (secondary N) is 2. The lowest BCUT2D eigenvalue weighted by atomic mass is 10.2. The zero-order chi connectivity index (χ0) is 13.8. The Hall–Kier alpha value is -0.780. The fourth-order valence-corrected chi connectivity index (χ4v) is 3.38. The molecule has 2 aliphatic heterocycles. The monoisotopic (exact) mass is 338 g/mol. The van der Waals surface area contributed by atoms with Crippen LogP contribution in [-0.2, 0) is 0 Å². The third-order valence-electron chi connectivity index (χ3n) is 4.11. The molecule has 3 rings (SSSR count). The van der Waals surface area contributed by atoms with Crippen LogP contribution < -0.4 is 15.5 Å². The minimum Gasteiger partial charge on any atom is -0.382 e. The predicted molar refractivity (Wildman–Crippen MR) is 88.8 cm³/mol. The van der Waals surface area contributed by atoms with Crippen molar-refractivity contribution in [2.45, 2.75) is 6.42 Å². The van der Waals surface area contributed by atoms with Crippen LogP contribution in [-0.4, -0.2) is 57.3 Å². The average molecular weight is 339 g/mol. The maximum absolute atomic E-state index is 3.54. The van der Waals surface area contributed by atoms with Gasteiger partial charge in [-0.3, -0.25) is 0 Å². The highest BCUT2D eigenvalue weighted by molar-refractivity contribution is 9.10. The number of fused-ring (bicyclic) bond motifs is 1. The summed E-state index contributed by atoms with van der Waals surface area (Å²) >= 11 is 3.54. The van der Waals surface area contributed by atoms with Gasteiger partial charge in [-0.1, -0.05) is 15.9 Å². The van der Waals surface area contributed by atoms with Crippen LogP contribution >= 0.6 is 15.9 Å². The van der Waals surface area contributed by atoms with Gasteiger partial charge in [-0.2, -0.15) is 0 Å². The topological polar surface area (TPSA) is 30.5 Å².